The van der Waals surface area contributed by atoms with Gasteiger partial charge in [0.2, 0.25) is 5.91 Å². The lowest BCUT2D eigenvalue weighted by Gasteiger charge is -2.34. The van der Waals surface area contributed by atoms with Crippen molar-refractivity contribution in [3.63, 3.8) is 0 Å². The zero-order chi connectivity index (χ0) is 26.3. The molecule has 0 bridgehead atoms. The quantitative estimate of drug-likeness (QED) is 0.432. The Morgan fingerprint density at radius 3 is 2.17 bits per heavy atom. The van der Waals surface area contributed by atoms with E-state index in [-0.39, 0.29) is 18.4 Å². The Morgan fingerprint density at radius 2 is 1.53 bits per heavy atom. The third-order valence-electron chi connectivity index (χ3n) is 6.15. The SMILES string of the molecule is Cc1ccc(CN(C(=O)COc2cccc(C)c2C)C(Cc2ccccc2)C(=O)NC(C)(C)C)cc1. The van der Waals surface area contributed by atoms with Gasteiger partial charge in [-0.25, -0.2) is 0 Å². The number of aryl methyl sites for hydroxylation is 2. The second kappa shape index (κ2) is 11.9. The first kappa shape index (κ1) is 27.0. The molecular formula is C31H38N2O3. The third kappa shape index (κ3) is 7.70. The Labute approximate surface area is 215 Å². The van der Waals surface area contributed by atoms with Gasteiger partial charge in [0.05, 0.1) is 0 Å². The molecule has 190 valence electrons. The molecule has 36 heavy (non-hydrogen) atoms. The molecule has 1 unspecified atom stereocenters. The molecule has 0 radical (unpaired) electrons. The van der Waals surface area contributed by atoms with Gasteiger partial charge in [-0.2, -0.15) is 0 Å². The molecule has 0 heterocycles. The number of nitrogens with one attached hydrogen (secondary N) is 1. The molecular weight excluding hydrogens is 448 g/mol. The van der Waals surface area contributed by atoms with E-state index in [0.717, 1.165) is 27.8 Å². The highest BCUT2D eigenvalue weighted by molar-refractivity contribution is 5.89. The van der Waals surface area contributed by atoms with Gasteiger partial charge in [-0.15, -0.1) is 0 Å². The van der Waals surface area contributed by atoms with Gasteiger partial charge >= 0.3 is 0 Å². The summed E-state index contributed by atoms with van der Waals surface area (Å²) in [5.74, 6) is 0.261. The maximum Gasteiger partial charge on any atom is 0.261 e. The zero-order valence-electron chi connectivity index (χ0n) is 22.3. The fourth-order valence-corrected chi connectivity index (χ4v) is 4.00. The van der Waals surface area contributed by atoms with Crippen molar-refractivity contribution in [1.82, 2.24) is 10.2 Å². The minimum Gasteiger partial charge on any atom is -0.483 e. The first-order chi connectivity index (χ1) is 17.0. The summed E-state index contributed by atoms with van der Waals surface area (Å²) in [4.78, 5) is 28.9. The number of carbonyl (C=O) groups excluding carboxylic acids is 2. The fraction of sp³-hybridized carbons (Fsp3) is 0.355. The standard InChI is InChI=1S/C31H38N2O3/c1-22-15-17-26(18-16-22)20-33(29(34)21-36-28-14-10-11-23(2)24(28)3)27(30(35)32-31(4,5)6)19-25-12-8-7-9-13-25/h7-18,27H,19-21H2,1-6H3,(H,32,35). The number of hydrogen-bond donors (Lipinski definition) is 1. The molecule has 0 aliphatic heterocycles. The molecule has 0 aromatic heterocycles. The Hall–Kier alpha value is -3.60. The Balaban J connectivity index is 1.94. The first-order valence-electron chi connectivity index (χ1n) is 12.4. The molecule has 0 fully saturated rings. The van der Waals surface area contributed by atoms with E-state index in [2.05, 4.69) is 5.32 Å². The number of amides is 2. The van der Waals surface area contributed by atoms with Gasteiger partial charge in [0.15, 0.2) is 6.61 Å². The van der Waals surface area contributed by atoms with E-state index >= 15 is 0 Å². The number of nitrogens with zero attached hydrogens (tertiary/aromatic N) is 1. The van der Waals surface area contributed by atoms with Crippen molar-refractivity contribution in [1.29, 1.82) is 0 Å². The molecule has 0 spiro atoms. The van der Waals surface area contributed by atoms with Crippen LogP contribution in [-0.4, -0.2) is 34.9 Å². The van der Waals surface area contributed by atoms with E-state index in [0.29, 0.717) is 18.7 Å². The van der Waals surface area contributed by atoms with Gasteiger partial charge in [0.25, 0.3) is 5.91 Å². The van der Waals surface area contributed by atoms with Crippen molar-refractivity contribution >= 4 is 11.8 Å². The van der Waals surface area contributed by atoms with Crippen molar-refractivity contribution in [2.45, 2.75) is 66.1 Å². The van der Waals surface area contributed by atoms with Gasteiger partial charge in [-0.3, -0.25) is 9.59 Å². The van der Waals surface area contributed by atoms with E-state index < -0.39 is 11.6 Å². The van der Waals surface area contributed by atoms with Crippen LogP contribution in [0.1, 0.15) is 48.6 Å². The maximum absolute atomic E-state index is 13.7. The van der Waals surface area contributed by atoms with E-state index in [9.17, 15) is 9.59 Å². The Bertz CT molecular complexity index is 1160. The van der Waals surface area contributed by atoms with Crippen molar-refractivity contribution < 1.29 is 14.3 Å². The van der Waals surface area contributed by atoms with Crippen LogP contribution in [0.15, 0.2) is 72.8 Å². The molecule has 2 amide bonds. The summed E-state index contributed by atoms with van der Waals surface area (Å²) < 4.78 is 5.98. The van der Waals surface area contributed by atoms with Gasteiger partial charge < -0.3 is 15.0 Å². The average Bonchev–Trinajstić information content (AvgIpc) is 2.83. The highest BCUT2D eigenvalue weighted by atomic mass is 16.5. The average molecular weight is 487 g/mol. The summed E-state index contributed by atoms with van der Waals surface area (Å²) in [7, 11) is 0. The van der Waals surface area contributed by atoms with E-state index in [4.69, 9.17) is 4.74 Å². The van der Waals surface area contributed by atoms with Gasteiger partial charge in [-0.05, 0) is 69.9 Å². The minimum absolute atomic E-state index is 0.149. The summed E-state index contributed by atoms with van der Waals surface area (Å²) in [5, 5.41) is 3.09. The summed E-state index contributed by atoms with van der Waals surface area (Å²) >= 11 is 0. The molecule has 5 heteroatoms. The molecule has 0 aliphatic carbocycles. The van der Waals surface area contributed by atoms with Crippen molar-refractivity contribution in [2.75, 3.05) is 6.61 Å². The molecule has 0 aliphatic rings. The van der Waals surface area contributed by atoms with E-state index in [1.54, 1.807) is 4.90 Å². The zero-order valence-corrected chi connectivity index (χ0v) is 22.3. The van der Waals surface area contributed by atoms with Gasteiger partial charge in [0, 0.05) is 18.5 Å². The second-order valence-corrected chi connectivity index (χ2v) is 10.4. The van der Waals surface area contributed by atoms with Gasteiger partial charge in [-0.1, -0.05) is 72.3 Å². The molecule has 3 aromatic carbocycles. The minimum atomic E-state index is -0.692. The number of ether oxygens (including phenoxy) is 1. The number of hydrogen-bond acceptors (Lipinski definition) is 3. The maximum atomic E-state index is 13.7. The molecule has 3 rings (SSSR count). The topological polar surface area (TPSA) is 58.6 Å². The summed E-state index contributed by atoms with van der Waals surface area (Å²) in [6.07, 6.45) is 0.407. The number of benzene rings is 3. The largest absolute Gasteiger partial charge is 0.483 e. The highest BCUT2D eigenvalue weighted by Crippen LogP contribution is 2.22. The second-order valence-electron chi connectivity index (χ2n) is 10.4. The smallest absolute Gasteiger partial charge is 0.261 e. The lowest BCUT2D eigenvalue weighted by molar-refractivity contribution is -0.143. The molecule has 5 nitrogen and oxygen atoms in total. The predicted molar refractivity (Wildman–Crippen MR) is 145 cm³/mol. The first-order valence-corrected chi connectivity index (χ1v) is 12.4. The lowest BCUT2D eigenvalue weighted by atomic mass is 10.0. The molecule has 0 saturated heterocycles. The summed E-state index contributed by atoms with van der Waals surface area (Å²) in [6, 6.07) is 23.0. The molecule has 3 aromatic rings. The van der Waals surface area contributed by atoms with Crippen molar-refractivity contribution in [3.05, 3.63) is 101 Å². The molecule has 1 atom stereocenters. The van der Waals surface area contributed by atoms with Crippen LogP contribution in [0.25, 0.3) is 0 Å². The van der Waals surface area contributed by atoms with E-state index in [1.807, 2.05) is 114 Å². The van der Waals surface area contributed by atoms with Crippen LogP contribution in [0.5, 0.6) is 5.75 Å². The van der Waals surface area contributed by atoms with E-state index in [1.165, 1.54) is 0 Å². The van der Waals surface area contributed by atoms with Crippen LogP contribution in [0.3, 0.4) is 0 Å². The molecule has 0 saturated carbocycles. The number of rotatable bonds is 9. The van der Waals surface area contributed by atoms with Crippen LogP contribution >= 0.6 is 0 Å². The summed E-state index contributed by atoms with van der Waals surface area (Å²) in [5.41, 5.74) is 4.76. The Morgan fingerprint density at radius 1 is 0.861 bits per heavy atom. The lowest BCUT2D eigenvalue weighted by Crippen LogP contribution is -2.55. The van der Waals surface area contributed by atoms with Crippen LogP contribution in [-0.2, 0) is 22.6 Å². The fourth-order valence-electron chi connectivity index (χ4n) is 4.00. The normalized spacial score (nSPS) is 12.1. The Kier molecular flexibility index (Phi) is 8.92. The van der Waals surface area contributed by atoms with Crippen LogP contribution in [0.4, 0.5) is 0 Å². The van der Waals surface area contributed by atoms with Crippen LogP contribution in [0, 0.1) is 20.8 Å². The predicted octanol–water partition coefficient (Wildman–Crippen LogP) is 5.55. The van der Waals surface area contributed by atoms with Crippen molar-refractivity contribution in [2.24, 2.45) is 0 Å². The monoisotopic (exact) mass is 486 g/mol. The van der Waals surface area contributed by atoms with Crippen LogP contribution in [0.2, 0.25) is 0 Å². The number of carbonyl (C=O) groups is 2. The van der Waals surface area contributed by atoms with Gasteiger partial charge in [0.1, 0.15) is 11.8 Å². The highest BCUT2D eigenvalue weighted by Gasteiger charge is 2.32. The van der Waals surface area contributed by atoms with Crippen molar-refractivity contribution in [3.8, 4) is 5.75 Å². The third-order valence-corrected chi connectivity index (χ3v) is 6.15. The van der Waals surface area contributed by atoms with Crippen LogP contribution < -0.4 is 10.1 Å². The summed E-state index contributed by atoms with van der Waals surface area (Å²) in [6.45, 7) is 12.0. The molecule has 1 N–H and O–H groups in total.